The number of methoxy groups -OCH3 is 1. The van der Waals surface area contributed by atoms with E-state index in [0.29, 0.717) is 19.1 Å². The summed E-state index contributed by atoms with van der Waals surface area (Å²) in [6, 6.07) is 32.3. The Balaban J connectivity index is 1.78. The third kappa shape index (κ3) is 3.44. The molecule has 2 atom stereocenters. The van der Waals surface area contributed by atoms with Gasteiger partial charge in [0, 0.05) is 12.8 Å². The van der Waals surface area contributed by atoms with Crippen molar-refractivity contribution in [3.8, 4) is 0 Å². The fourth-order valence-electron chi connectivity index (χ4n) is 4.04. The summed E-state index contributed by atoms with van der Waals surface area (Å²) in [5.74, 6) is 0. The SMILES string of the molecule is C=C1[C@@H](P(c2ccccc2)c2ccccc2)[C@@]1(COCOC)c1ccccc1. The topological polar surface area (TPSA) is 18.5 Å². The lowest BCUT2D eigenvalue weighted by atomic mass is 9.96. The van der Waals surface area contributed by atoms with Crippen LogP contribution in [0.3, 0.4) is 0 Å². The second kappa shape index (κ2) is 8.41. The molecule has 28 heavy (non-hydrogen) atoms. The van der Waals surface area contributed by atoms with E-state index in [1.165, 1.54) is 21.7 Å². The predicted octanol–water partition coefficient (Wildman–Crippen LogP) is 4.62. The first-order chi connectivity index (χ1) is 13.8. The summed E-state index contributed by atoms with van der Waals surface area (Å²) in [6.07, 6.45) is 0. The third-order valence-electron chi connectivity index (χ3n) is 5.43. The second-order valence-corrected chi connectivity index (χ2v) is 9.35. The van der Waals surface area contributed by atoms with Crippen LogP contribution in [0.1, 0.15) is 5.56 Å². The monoisotopic (exact) mass is 388 g/mol. The molecule has 0 radical (unpaired) electrons. The van der Waals surface area contributed by atoms with Gasteiger partial charge in [-0.05, 0) is 24.1 Å². The Morgan fingerprint density at radius 2 is 1.32 bits per heavy atom. The molecule has 0 heterocycles. The van der Waals surface area contributed by atoms with Crippen LogP contribution in [0.5, 0.6) is 0 Å². The molecule has 1 fully saturated rings. The van der Waals surface area contributed by atoms with E-state index in [4.69, 9.17) is 9.47 Å². The lowest BCUT2D eigenvalue weighted by Gasteiger charge is -2.24. The van der Waals surface area contributed by atoms with E-state index in [1.807, 2.05) is 0 Å². The molecule has 0 N–H and O–H groups in total. The van der Waals surface area contributed by atoms with Crippen molar-refractivity contribution in [2.75, 3.05) is 20.5 Å². The molecular formula is C25H25O2P. The molecule has 4 rings (SSSR count). The minimum absolute atomic E-state index is 0.169. The first-order valence-electron chi connectivity index (χ1n) is 9.50. The number of rotatable bonds is 8. The van der Waals surface area contributed by atoms with Gasteiger partial charge in [-0.1, -0.05) is 103 Å². The quantitative estimate of drug-likeness (QED) is 0.243. The van der Waals surface area contributed by atoms with E-state index in [9.17, 15) is 0 Å². The molecule has 0 aliphatic heterocycles. The van der Waals surface area contributed by atoms with Gasteiger partial charge in [0.05, 0.1) is 12.0 Å². The summed E-state index contributed by atoms with van der Waals surface area (Å²) < 4.78 is 11.1. The van der Waals surface area contributed by atoms with Gasteiger partial charge in [0.1, 0.15) is 6.79 Å². The number of benzene rings is 3. The van der Waals surface area contributed by atoms with E-state index < -0.39 is 7.92 Å². The van der Waals surface area contributed by atoms with Crippen molar-refractivity contribution >= 4 is 18.5 Å². The fourth-order valence-corrected chi connectivity index (χ4v) is 7.22. The molecule has 1 saturated carbocycles. The van der Waals surface area contributed by atoms with Gasteiger partial charge in [0.2, 0.25) is 0 Å². The summed E-state index contributed by atoms with van der Waals surface area (Å²) >= 11 is 0. The van der Waals surface area contributed by atoms with Crippen LogP contribution in [0.25, 0.3) is 0 Å². The summed E-state index contributed by atoms with van der Waals surface area (Å²) in [4.78, 5) is 0. The Morgan fingerprint density at radius 1 is 0.821 bits per heavy atom. The number of hydrogen-bond donors (Lipinski definition) is 0. The summed E-state index contributed by atoms with van der Waals surface area (Å²) in [5.41, 5.74) is 2.71. The van der Waals surface area contributed by atoms with Crippen molar-refractivity contribution < 1.29 is 9.47 Å². The number of hydrogen-bond acceptors (Lipinski definition) is 2. The van der Waals surface area contributed by atoms with Crippen molar-refractivity contribution in [3.63, 3.8) is 0 Å². The Kier molecular flexibility index (Phi) is 5.73. The Morgan fingerprint density at radius 3 is 1.82 bits per heavy atom. The standard InChI is InChI=1S/C25H25O2P/c1-20-24(25(20,18-27-19-26-2)21-12-6-3-7-13-21)28(22-14-8-4-9-15-22)23-16-10-5-11-17-23/h3-17,24H,1,18-19H2,2H3/t24-,25-/m1/s1. The highest BCUT2D eigenvalue weighted by molar-refractivity contribution is 7.74. The van der Waals surface area contributed by atoms with Crippen molar-refractivity contribution in [1.29, 1.82) is 0 Å². The highest BCUT2D eigenvalue weighted by Gasteiger charge is 2.63. The Hall–Kier alpha value is -2.25. The van der Waals surface area contributed by atoms with E-state index in [2.05, 4.69) is 97.6 Å². The Labute approximate surface area is 168 Å². The molecule has 0 bridgehead atoms. The van der Waals surface area contributed by atoms with Crippen LogP contribution in [0.2, 0.25) is 0 Å². The van der Waals surface area contributed by atoms with Crippen molar-refractivity contribution in [2.45, 2.75) is 11.1 Å². The highest BCUT2D eigenvalue weighted by atomic mass is 31.1. The lowest BCUT2D eigenvalue weighted by molar-refractivity contribution is -0.0370. The van der Waals surface area contributed by atoms with Crippen LogP contribution in [-0.4, -0.2) is 26.2 Å². The number of ether oxygens (including phenoxy) is 2. The van der Waals surface area contributed by atoms with Crippen LogP contribution in [0, 0.1) is 0 Å². The van der Waals surface area contributed by atoms with Gasteiger partial charge in [-0.2, -0.15) is 0 Å². The molecule has 3 heteroatoms. The zero-order valence-corrected chi connectivity index (χ0v) is 17.0. The first kappa shape index (κ1) is 19.1. The molecule has 0 saturated heterocycles. The van der Waals surface area contributed by atoms with E-state index in [-0.39, 0.29) is 5.41 Å². The maximum absolute atomic E-state index is 5.91. The zero-order chi connectivity index (χ0) is 19.4. The van der Waals surface area contributed by atoms with Gasteiger partial charge in [0.15, 0.2) is 0 Å². The van der Waals surface area contributed by atoms with Crippen LogP contribution in [-0.2, 0) is 14.9 Å². The normalized spacial score (nSPS) is 21.1. The predicted molar refractivity (Wildman–Crippen MR) is 118 cm³/mol. The molecular weight excluding hydrogens is 363 g/mol. The highest BCUT2D eigenvalue weighted by Crippen LogP contribution is 2.67. The van der Waals surface area contributed by atoms with Crippen LogP contribution in [0.4, 0.5) is 0 Å². The van der Waals surface area contributed by atoms with Crippen molar-refractivity contribution in [1.82, 2.24) is 0 Å². The first-order valence-corrected chi connectivity index (χ1v) is 10.9. The summed E-state index contributed by atoms with van der Waals surface area (Å²) in [5, 5.41) is 2.75. The van der Waals surface area contributed by atoms with Gasteiger partial charge in [0.25, 0.3) is 0 Å². The molecule has 1 aliphatic carbocycles. The molecule has 0 aromatic heterocycles. The van der Waals surface area contributed by atoms with Gasteiger partial charge >= 0.3 is 0 Å². The largest absolute Gasteiger partial charge is 0.359 e. The fraction of sp³-hybridized carbons (Fsp3) is 0.200. The van der Waals surface area contributed by atoms with Crippen LogP contribution in [0.15, 0.2) is 103 Å². The lowest BCUT2D eigenvalue weighted by Crippen LogP contribution is -2.25. The zero-order valence-electron chi connectivity index (χ0n) is 16.1. The molecule has 3 aromatic carbocycles. The third-order valence-corrected chi connectivity index (χ3v) is 8.41. The van der Waals surface area contributed by atoms with Crippen LogP contribution < -0.4 is 10.6 Å². The minimum atomic E-state index is -0.591. The summed E-state index contributed by atoms with van der Waals surface area (Å²) in [6.45, 7) is 5.41. The van der Waals surface area contributed by atoms with E-state index in [1.54, 1.807) is 7.11 Å². The smallest absolute Gasteiger partial charge is 0.146 e. The van der Waals surface area contributed by atoms with Gasteiger partial charge in [-0.25, -0.2) is 0 Å². The average molecular weight is 388 g/mol. The van der Waals surface area contributed by atoms with Gasteiger partial charge in [-0.15, -0.1) is 0 Å². The van der Waals surface area contributed by atoms with Crippen molar-refractivity contribution in [3.05, 3.63) is 109 Å². The molecule has 0 amide bonds. The van der Waals surface area contributed by atoms with E-state index in [0.717, 1.165) is 0 Å². The van der Waals surface area contributed by atoms with Crippen LogP contribution >= 0.6 is 7.92 Å². The van der Waals surface area contributed by atoms with Gasteiger partial charge in [-0.3, -0.25) is 0 Å². The molecule has 2 nitrogen and oxygen atoms in total. The van der Waals surface area contributed by atoms with Gasteiger partial charge < -0.3 is 9.47 Å². The molecule has 0 unspecified atom stereocenters. The minimum Gasteiger partial charge on any atom is -0.359 e. The molecule has 1 aliphatic rings. The second-order valence-electron chi connectivity index (χ2n) is 7.06. The maximum atomic E-state index is 5.91. The average Bonchev–Trinajstić information content (AvgIpc) is 3.35. The summed E-state index contributed by atoms with van der Waals surface area (Å²) in [7, 11) is 1.07. The Bertz CT molecular complexity index is 872. The molecule has 0 spiro atoms. The van der Waals surface area contributed by atoms with E-state index >= 15 is 0 Å². The van der Waals surface area contributed by atoms with Crippen molar-refractivity contribution in [2.24, 2.45) is 0 Å². The molecule has 142 valence electrons. The maximum Gasteiger partial charge on any atom is 0.146 e. The molecule has 3 aromatic rings.